The molecule has 2 aromatic rings. The highest BCUT2D eigenvalue weighted by Gasteiger charge is 2.24. The first kappa shape index (κ1) is 18.0. The van der Waals surface area contributed by atoms with Gasteiger partial charge in [0.2, 0.25) is 5.91 Å². The summed E-state index contributed by atoms with van der Waals surface area (Å²) in [6.45, 7) is 7.77. The van der Waals surface area contributed by atoms with E-state index in [9.17, 15) is 14.7 Å². The second kappa shape index (κ2) is 7.19. The molecule has 1 aromatic heterocycles. The van der Waals surface area contributed by atoms with Crippen LogP contribution in [0.1, 0.15) is 41.2 Å². The maximum Gasteiger partial charge on any atom is 0.255 e. The van der Waals surface area contributed by atoms with Gasteiger partial charge in [-0.2, -0.15) is 5.10 Å². The van der Waals surface area contributed by atoms with E-state index in [4.69, 9.17) is 0 Å². The van der Waals surface area contributed by atoms with Crippen LogP contribution in [-0.2, 0) is 24.4 Å². The summed E-state index contributed by atoms with van der Waals surface area (Å²) in [6, 6.07) is 6.83. The predicted molar refractivity (Wildman–Crippen MR) is 96.5 cm³/mol. The monoisotopic (exact) mass is 356 g/mol. The zero-order valence-corrected chi connectivity index (χ0v) is 15.3. The number of aromatic nitrogens is 2. The second-order valence-electron chi connectivity index (χ2n) is 6.97. The molecular weight excluding hydrogens is 332 g/mol. The molecule has 0 spiro atoms. The number of aromatic hydroxyl groups is 1. The van der Waals surface area contributed by atoms with Gasteiger partial charge in [0.15, 0.2) is 0 Å². The van der Waals surface area contributed by atoms with E-state index in [1.165, 1.54) is 6.07 Å². The lowest BCUT2D eigenvalue weighted by Crippen LogP contribution is -2.40. The van der Waals surface area contributed by atoms with Crippen molar-refractivity contribution in [2.75, 3.05) is 6.54 Å². The van der Waals surface area contributed by atoms with Gasteiger partial charge in [0.25, 0.3) is 5.91 Å². The number of hydrogen-bond acceptors (Lipinski definition) is 4. The van der Waals surface area contributed by atoms with Gasteiger partial charge in [-0.05, 0) is 25.1 Å². The molecule has 3 rings (SSSR count). The molecule has 2 heterocycles. The number of carbonyl (C=O) groups excluding carboxylic acids is 2. The Labute approximate surface area is 152 Å². The van der Waals surface area contributed by atoms with Crippen LogP contribution in [0.15, 0.2) is 24.3 Å². The lowest BCUT2D eigenvalue weighted by molar-refractivity contribution is -0.136. The van der Waals surface area contributed by atoms with Crippen molar-refractivity contribution in [1.29, 1.82) is 0 Å². The number of nitrogens with one attached hydrogen (secondary N) is 1. The Morgan fingerprint density at radius 3 is 2.77 bits per heavy atom. The highest BCUT2D eigenvalue weighted by Crippen LogP contribution is 2.19. The number of hydrogen-bond donors (Lipinski definition) is 2. The Morgan fingerprint density at radius 1 is 1.27 bits per heavy atom. The van der Waals surface area contributed by atoms with E-state index < -0.39 is 0 Å². The largest absolute Gasteiger partial charge is 0.507 e. The van der Waals surface area contributed by atoms with Crippen LogP contribution in [0.4, 0.5) is 0 Å². The molecule has 0 radical (unpaired) electrons. The van der Waals surface area contributed by atoms with Crippen LogP contribution in [0.5, 0.6) is 5.75 Å². The Balaban J connectivity index is 1.65. The van der Waals surface area contributed by atoms with Crippen molar-refractivity contribution in [2.24, 2.45) is 5.92 Å². The van der Waals surface area contributed by atoms with Gasteiger partial charge in [-0.15, -0.1) is 0 Å². The number of phenols is 1. The van der Waals surface area contributed by atoms with Gasteiger partial charge in [-0.3, -0.25) is 14.3 Å². The number of rotatable bonds is 4. The van der Waals surface area contributed by atoms with Gasteiger partial charge in [0.1, 0.15) is 5.75 Å². The zero-order chi connectivity index (χ0) is 18.8. The van der Waals surface area contributed by atoms with E-state index in [1.807, 2.05) is 36.4 Å². The van der Waals surface area contributed by atoms with Gasteiger partial charge in [0, 0.05) is 12.5 Å². The van der Waals surface area contributed by atoms with E-state index in [2.05, 4.69) is 10.4 Å². The number of phenolic OH excluding ortho intramolecular Hbond substituents is 1. The number of aryl methyl sites for hydroxylation is 1. The Kier molecular flexibility index (Phi) is 4.97. The van der Waals surface area contributed by atoms with Crippen molar-refractivity contribution in [3.05, 3.63) is 46.8 Å². The van der Waals surface area contributed by atoms with E-state index >= 15 is 0 Å². The third-order valence-corrected chi connectivity index (χ3v) is 4.48. The summed E-state index contributed by atoms with van der Waals surface area (Å²) < 4.78 is 1.88. The molecule has 26 heavy (non-hydrogen) atoms. The van der Waals surface area contributed by atoms with Gasteiger partial charge in [-0.25, -0.2) is 0 Å². The maximum absolute atomic E-state index is 12.3. The first-order valence-corrected chi connectivity index (χ1v) is 8.77. The van der Waals surface area contributed by atoms with Crippen LogP contribution < -0.4 is 5.32 Å². The van der Waals surface area contributed by atoms with E-state index in [0.717, 1.165) is 17.0 Å². The first-order chi connectivity index (χ1) is 12.3. The number of benzene rings is 1. The van der Waals surface area contributed by atoms with Crippen LogP contribution in [0.3, 0.4) is 0 Å². The number of nitrogens with zero attached hydrogens (tertiary/aromatic N) is 3. The van der Waals surface area contributed by atoms with Gasteiger partial charge < -0.3 is 15.3 Å². The Hall–Kier alpha value is -2.83. The average Bonchev–Trinajstić information content (AvgIpc) is 3.02. The fourth-order valence-electron chi connectivity index (χ4n) is 3.06. The zero-order valence-electron chi connectivity index (χ0n) is 15.3. The van der Waals surface area contributed by atoms with E-state index in [0.29, 0.717) is 19.6 Å². The minimum atomic E-state index is -0.339. The lowest BCUT2D eigenvalue weighted by atomic mass is 10.1. The molecule has 7 nitrogen and oxygen atoms in total. The third kappa shape index (κ3) is 3.71. The predicted octanol–water partition coefficient (Wildman–Crippen LogP) is 1.83. The molecule has 0 bridgehead atoms. The van der Waals surface area contributed by atoms with Crippen LogP contribution in [-0.4, -0.2) is 38.1 Å². The SMILES string of the molecule is Cc1ccc(O)c(C(=O)NCc2cc3n(n2)CCN(C(=O)C(C)C)C3)c1. The molecule has 0 aliphatic carbocycles. The topological polar surface area (TPSA) is 87.5 Å². The lowest BCUT2D eigenvalue weighted by Gasteiger charge is -2.29. The van der Waals surface area contributed by atoms with E-state index in [1.54, 1.807) is 12.1 Å². The highest BCUT2D eigenvalue weighted by atomic mass is 16.3. The quantitative estimate of drug-likeness (QED) is 0.875. The van der Waals surface area contributed by atoms with Crippen LogP contribution in [0.2, 0.25) is 0 Å². The van der Waals surface area contributed by atoms with Crippen molar-refractivity contribution in [3.63, 3.8) is 0 Å². The summed E-state index contributed by atoms with van der Waals surface area (Å²) in [7, 11) is 0. The minimum Gasteiger partial charge on any atom is -0.507 e. The molecule has 0 unspecified atom stereocenters. The van der Waals surface area contributed by atoms with Crippen molar-refractivity contribution in [3.8, 4) is 5.75 Å². The van der Waals surface area contributed by atoms with Gasteiger partial charge in [0.05, 0.1) is 36.6 Å². The maximum atomic E-state index is 12.3. The smallest absolute Gasteiger partial charge is 0.255 e. The van der Waals surface area contributed by atoms with Crippen LogP contribution in [0.25, 0.3) is 0 Å². The molecule has 7 heteroatoms. The molecule has 0 atom stereocenters. The molecule has 0 fully saturated rings. The van der Waals surface area contributed by atoms with Crippen molar-refractivity contribution >= 4 is 11.8 Å². The Morgan fingerprint density at radius 2 is 2.04 bits per heavy atom. The van der Waals surface area contributed by atoms with Crippen molar-refractivity contribution < 1.29 is 14.7 Å². The summed E-state index contributed by atoms with van der Waals surface area (Å²) >= 11 is 0. The first-order valence-electron chi connectivity index (χ1n) is 8.77. The van der Waals surface area contributed by atoms with E-state index in [-0.39, 0.29) is 35.6 Å². The van der Waals surface area contributed by atoms with Crippen LogP contribution >= 0.6 is 0 Å². The number of fused-ring (bicyclic) bond motifs is 1. The summed E-state index contributed by atoms with van der Waals surface area (Å²) in [5, 5.41) is 17.1. The number of amides is 2. The van der Waals surface area contributed by atoms with Crippen molar-refractivity contribution in [1.82, 2.24) is 20.0 Å². The normalized spacial score (nSPS) is 13.6. The molecule has 1 aliphatic rings. The molecular formula is C19H24N4O3. The van der Waals surface area contributed by atoms with Gasteiger partial charge in [-0.1, -0.05) is 25.5 Å². The van der Waals surface area contributed by atoms with Crippen molar-refractivity contribution in [2.45, 2.75) is 40.4 Å². The fourth-order valence-corrected chi connectivity index (χ4v) is 3.06. The molecule has 2 amide bonds. The molecule has 0 saturated heterocycles. The average molecular weight is 356 g/mol. The second-order valence-corrected chi connectivity index (χ2v) is 6.97. The summed E-state index contributed by atoms with van der Waals surface area (Å²) in [6.07, 6.45) is 0. The fraction of sp³-hybridized carbons (Fsp3) is 0.421. The third-order valence-electron chi connectivity index (χ3n) is 4.48. The molecule has 1 aliphatic heterocycles. The summed E-state index contributed by atoms with van der Waals surface area (Å²) in [4.78, 5) is 26.3. The minimum absolute atomic E-state index is 0.0229. The number of carbonyl (C=O) groups is 2. The molecule has 138 valence electrons. The molecule has 2 N–H and O–H groups in total. The molecule has 0 saturated carbocycles. The van der Waals surface area contributed by atoms with Gasteiger partial charge >= 0.3 is 0 Å². The Bertz CT molecular complexity index is 841. The summed E-state index contributed by atoms with van der Waals surface area (Å²) in [5.74, 6) is -0.263. The standard InChI is InChI=1S/C19H24N4O3/c1-12(2)19(26)22-6-7-23-15(11-22)9-14(21-23)10-20-18(25)16-8-13(3)4-5-17(16)24/h4-5,8-9,12,24H,6-7,10-11H2,1-3H3,(H,20,25). The highest BCUT2D eigenvalue weighted by molar-refractivity contribution is 5.96. The molecule has 1 aromatic carbocycles. The van der Waals surface area contributed by atoms with Crippen LogP contribution in [0, 0.1) is 12.8 Å². The summed E-state index contributed by atoms with van der Waals surface area (Å²) in [5.41, 5.74) is 2.86.